The molecule has 0 saturated heterocycles. The van der Waals surface area contributed by atoms with Crippen LogP contribution in [0.5, 0.6) is 0 Å². The Bertz CT molecular complexity index is 515. The molecule has 11 nitrogen and oxygen atoms in total. The molecule has 1 unspecified atom stereocenters. The van der Waals surface area contributed by atoms with Crippen molar-refractivity contribution in [3.8, 4) is 0 Å². The third-order valence-corrected chi connectivity index (χ3v) is 4.27. The largest absolute Gasteiger partial charge is 0.668 e. The first-order valence-corrected chi connectivity index (χ1v) is 10.3. The topological polar surface area (TPSA) is 167 Å². The van der Waals surface area contributed by atoms with Gasteiger partial charge in [0.2, 0.25) is 11.8 Å². The molecule has 0 aliphatic rings. The summed E-state index contributed by atoms with van der Waals surface area (Å²) in [4.78, 5) is 44.7. The summed E-state index contributed by atoms with van der Waals surface area (Å²) in [5, 5.41) is 2.51. The van der Waals surface area contributed by atoms with E-state index in [1.165, 1.54) is 7.05 Å². The first-order chi connectivity index (χ1) is 14.7. The molecule has 0 aromatic heterocycles. The normalized spacial score (nSPS) is 12.4. The van der Waals surface area contributed by atoms with Crippen molar-refractivity contribution in [3.63, 3.8) is 0 Å². The zero-order valence-corrected chi connectivity index (χ0v) is 21.9. The molecule has 0 aromatic rings. The van der Waals surface area contributed by atoms with E-state index >= 15 is 0 Å². The molecule has 0 rings (SSSR count). The predicted molar refractivity (Wildman–Crippen MR) is 112 cm³/mol. The summed E-state index contributed by atoms with van der Waals surface area (Å²) in [5.74, 6) is -1.32. The molecule has 3 amide bonds. The summed E-state index contributed by atoms with van der Waals surface area (Å²) in [6.07, 6.45) is 0.878. The fourth-order valence-electron chi connectivity index (χ4n) is 2.39. The summed E-state index contributed by atoms with van der Waals surface area (Å²) in [5.41, 5.74) is 11.3. The second-order valence-electron chi connectivity index (χ2n) is 7.17. The van der Waals surface area contributed by atoms with Crippen molar-refractivity contribution < 1.29 is 59.2 Å². The standard InChI is InChI=1S/C20H37N3O8.W/c1-3-16(24)4-8-28-12-20(13-29-9-5-17(21)25,14-30-10-6-18(22)26)15-31-11-7-19(27)23-2;/h3-15H2,1-2H3,(H5,21,22,23,25,26,27);/p-1. The fraction of sp³-hybridized carbons (Fsp3) is 0.800. The number of hydrogen-bond donors (Lipinski definition) is 2. The Hall–Kier alpha value is -1.39. The number of nitrogens with two attached hydrogens (primary N) is 1. The van der Waals surface area contributed by atoms with Gasteiger partial charge in [-0.15, -0.1) is 0 Å². The smallest absolute Gasteiger partial charge is 0.222 e. The average Bonchev–Trinajstić information content (AvgIpc) is 2.73. The van der Waals surface area contributed by atoms with Crippen LogP contribution >= 0.6 is 0 Å². The maximum absolute atomic E-state index is 11.5. The molecule has 0 fully saturated rings. The Morgan fingerprint density at radius 3 is 1.66 bits per heavy atom. The van der Waals surface area contributed by atoms with E-state index in [1.807, 2.05) is 0 Å². The van der Waals surface area contributed by atoms with Gasteiger partial charge in [-0.25, -0.2) is 0 Å². The van der Waals surface area contributed by atoms with E-state index in [-0.39, 0.29) is 111 Å². The first kappa shape index (κ1) is 32.8. The number of carbonyl (C=O) groups is 4. The third kappa shape index (κ3) is 18.2. The van der Waals surface area contributed by atoms with Gasteiger partial charge in [-0.3, -0.25) is 14.4 Å². The minimum atomic E-state index is -0.805. The number of rotatable bonds is 21. The van der Waals surface area contributed by atoms with Gasteiger partial charge in [-0.2, -0.15) is 0 Å². The van der Waals surface area contributed by atoms with Crippen molar-refractivity contribution in [3.05, 3.63) is 5.73 Å². The van der Waals surface area contributed by atoms with Gasteiger partial charge < -0.3 is 40.5 Å². The van der Waals surface area contributed by atoms with E-state index in [2.05, 4.69) is 5.32 Å². The van der Waals surface area contributed by atoms with Gasteiger partial charge in [0, 0.05) is 60.2 Å². The van der Waals surface area contributed by atoms with Crippen molar-refractivity contribution in [1.82, 2.24) is 5.32 Å². The first-order valence-electron chi connectivity index (χ1n) is 10.3. The molecule has 0 aliphatic heterocycles. The van der Waals surface area contributed by atoms with Gasteiger partial charge in [-0.05, 0) is 0 Å². The molecule has 1 atom stereocenters. The molecule has 0 aromatic carbocycles. The van der Waals surface area contributed by atoms with Gasteiger partial charge in [0.15, 0.2) is 0 Å². The Morgan fingerprint density at radius 1 is 0.812 bits per heavy atom. The summed E-state index contributed by atoms with van der Waals surface area (Å²) in [7, 11) is 1.53. The number of hydrogen-bond acceptors (Lipinski definition) is 8. The summed E-state index contributed by atoms with van der Waals surface area (Å²) in [6, 6.07) is 0. The van der Waals surface area contributed by atoms with Gasteiger partial charge in [-0.1, -0.05) is 6.92 Å². The van der Waals surface area contributed by atoms with Crippen LogP contribution in [0.4, 0.5) is 0 Å². The van der Waals surface area contributed by atoms with Crippen LogP contribution in [0.25, 0.3) is 5.73 Å². The monoisotopic (exact) mass is 630 g/mol. The summed E-state index contributed by atoms with van der Waals surface area (Å²) in [6.45, 7) is 2.79. The Kier molecular flexibility index (Phi) is 20.7. The molecular weight excluding hydrogens is 594 g/mol. The van der Waals surface area contributed by atoms with Crippen LogP contribution in [0.1, 0.15) is 39.0 Å². The van der Waals surface area contributed by atoms with E-state index < -0.39 is 17.2 Å². The summed E-state index contributed by atoms with van der Waals surface area (Å²) >= 11 is 0. The van der Waals surface area contributed by atoms with Crippen LogP contribution in [0, 0.1) is 5.41 Å². The molecule has 186 valence electrons. The fourth-order valence-corrected chi connectivity index (χ4v) is 2.39. The number of nitrogens with one attached hydrogen (secondary N) is 2. The van der Waals surface area contributed by atoms with E-state index in [4.69, 9.17) is 30.4 Å². The Morgan fingerprint density at radius 2 is 1.25 bits per heavy atom. The molecule has 12 heteroatoms. The predicted octanol–water partition coefficient (Wildman–Crippen LogP) is 0.386. The maximum atomic E-state index is 11.5. The molecule has 4 N–H and O–H groups in total. The van der Waals surface area contributed by atoms with E-state index in [9.17, 15) is 19.2 Å². The van der Waals surface area contributed by atoms with Crippen LogP contribution < -0.4 is 11.1 Å². The second-order valence-corrected chi connectivity index (χ2v) is 7.17. The van der Waals surface area contributed by atoms with Crippen molar-refractivity contribution in [1.29, 1.82) is 0 Å². The van der Waals surface area contributed by atoms with Gasteiger partial charge >= 0.3 is 0 Å². The third-order valence-electron chi connectivity index (χ3n) is 4.27. The van der Waals surface area contributed by atoms with Crippen molar-refractivity contribution >= 4 is 23.5 Å². The van der Waals surface area contributed by atoms with Crippen LogP contribution in [0.3, 0.4) is 0 Å². The van der Waals surface area contributed by atoms with E-state index in [0.29, 0.717) is 6.42 Å². The maximum Gasteiger partial charge on any atom is 0.222 e. The zero-order valence-electron chi connectivity index (χ0n) is 18.9. The summed E-state index contributed by atoms with van der Waals surface area (Å²) < 4.78 is 22.5. The molecule has 0 bridgehead atoms. The van der Waals surface area contributed by atoms with Crippen LogP contribution in [0.2, 0.25) is 0 Å². The number of ether oxygens (including phenoxy) is 4. The van der Waals surface area contributed by atoms with E-state index in [0.717, 1.165) is 0 Å². The molecular formula is C20H36N3O8W-. The van der Waals surface area contributed by atoms with Gasteiger partial charge in [0.25, 0.3) is 0 Å². The van der Waals surface area contributed by atoms with Crippen LogP contribution in [-0.4, -0.2) is 83.4 Å². The Labute approximate surface area is 203 Å². The van der Waals surface area contributed by atoms with Crippen molar-refractivity contribution in [2.24, 2.45) is 11.1 Å². The van der Waals surface area contributed by atoms with E-state index in [1.54, 1.807) is 6.92 Å². The number of amides is 3. The Balaban J connectivity index is 0. The van der Waals surface area contributed by atoms with Crippen molar-refractivity contribution in [2.45, 2.75) is 39.0 Å². The van der Waals surface area contributed by atoms with Crippen LogP contribution in [-0.2, 0) is 59.2 Å². The van der Waals surface area contributed by atoms with Gasteiger partial charge in [0.1, 0.15) is 5.78 Å². The number of carbonyl (C=O) groups excluding carboxylic acids is 4. The van der Waals surface area contributed by atoms with Gasteiger partial charge in [0.05, 0.1) is 64.2 Å². The zero-order chi connectivity index (χ0) is 23.5. The average molecular weight is 630 g/mol. The molecule has 0 spiro atoms. The number of ketones is 1. The minimum Gasteiger partial charge on any atom is -0.668 e. The molecule has 0 heterocycles. The second kappa shape index (κ2) is 20.2. The van der Waals surface area contributed by atoms with Crippen molar-refractivity contribution in [2.75, 3.05) is 59.9 Å². The molecule has 32 heavy (non-hydrogen) atoms. The molecule has 0 aliphatic carbocycles. The molecule has 0 saturated carbocycles. The minimum absolute atomic E-state index is 0. The molecule has 0 radical (unpaired) electrons. The quantitative estimate of drug-likeness (QED) is 0.172. The SMILES string of the molecule is CCC(=O)CCOCC(COCCC([NH-])=O)(COCCC(N)=O)COCCC(=O)NC.[W]. The number of primary amides is 1. The van der Waals surface area contributed by atoms with Crippen LogP contribution in [0.15, 0.2) is 0 Å². The number of Topliss-reactive ketones (excluding diaryl/α,β-unsaturated/α-hetero) is 1.